The third-order valence-electron chi connectivity index (χ3n) is 2.38. The van der Waals surface area contributed by atoms with Gasteiger partial charge in [-0.3, -0.25) is 5.43 Å². The molecule has 0 unspecified atom stereocenters. The third kappa shape index (κ3) is 3.71. The van der Waals surface area contributed by atoms with Gasteiger partial charge < -0.3 is 0 Å². The Kier molecular flexibility index (Phi) is 4.24. The Hall–Kier alpha value is -2.08. The van der Waals surface area contributed by atoms with Crippen molar-refractivity contribution in [3.63, 3.8) is 0 Å². The topological polar surface area (TPSA) is 37.3 Å². The molecule has 20 heavy (non-hydrogen) atoms. The van der Waals surface area contributed by atoms with Gasteiger partial charge >= 0.3 is 6.18 Å². The van der Waals surface area contributed by atoms with Crippen molar-refractivity contribution in [2.75, 3.05) is 5.43 Å². The van der Waals surface area contributed by atoms with Gasteiger partial charge in [-0.25, -0.2) is 4.98 Å². The maximum Gasteiger partial charge on any atom is 0.416 e. The lowest BCUT2D eigenvalue weighted by atomic mass is 10.1. The normalized spacial score (nSPS) is 11.8. The number of hydrazone groups is 1. The van der Waals surface area contributed by atoms with E-state index in [4.69, 9.17) is 11.6 Å². The average molecular weight is 300 g/mol. The molecule has 104 valence electrons. The van der Waals surface area contributed by atoms with Crippen LogP contribution in [0, 0.1) is 0 Å². The molecule has 0 aliphatic rings. The van der Waals surface area contributed by atoms with E-state index in [9.17, 15) is 13.2 Å². The van der Waals surface area contributed by atoms with Gasteiger partial charge in [0.05, 0.1) is 16.8 Å². The second kappa shape index (κ2) is 5.92. The molecule has 7 heteroatoms. The molecule has 1 N–H and O–H groups in total. The summed E-state index contributed by atoms with van der Waals surface area (Å²) in [6.07, 6.45) is -1.41. The first-order valence-corrected chi connectivity index (χ1v) is 5.91. The Balaban J connectivity index is 2.04. The highest BCUT2D eigenvalue weighted by atomic mass is 35.5. The number of alkyl halides is 3. The molecule has 1 aromatic carbocycles. The van der Waals surface area contributed by atoms with E-state index in [1.807, 2.05) is 0 Å². The van der Waals surface area contributed by atoms with E-state index in [0.29, 0.717) is 16.4 Å². The zero-order valence-corrected chi connectivity index (χ0v) is 10.8. The van der Waals surface area contributed by atoms with Crippen molar-refractivity contribution in [1.29, 1.82) is 0 Å². The summed E-state index contributed by atoms with van der Waals surface area (Å²) in [4.78, 5) is 3.95. The number of nitrogens with zero attached hydrogens (tertiary/aromatic N) is 2. The molecule has 0 fully saturated rings. The van der Waals surface area contributed by atoms with E-state index in [0.717, 1.165) is 12.1 Å². The SMILES string of the molecule is FC(F)(F)c1ccc(C=NNc2ncccc2Cl)cc1. The van der Waals surface area contributed by atoms with Crippen molar-refractivity contribution >= 4 is 23.6 Å². The van der Waals surface area contributed by atoms with Crippen LogP contribution in [0.5, 0.6) is 0 Å². The molecular weight excluding hydrogens is 291 g/mol. The quantitative estimate of drug-likeness (QED) is 0.681. The summed E-state index contributed by atoms with van der Waals surface area (Å²) in [7, 11) is 0. The van der Waals surface area contributed by atoms with E-state index >= 15 is 0 Å². The monoisotopic (exact) mass is 299 g/mol. The van der Waals surface area contributed by atoms with Crippen LogP contribution in [0.3, 0.4) is 0 Å². The Morgan fingerprint density at radius 2 is 1.85 bits per heavy atom. The standard InChI is InChI=1S/C13H9ClF3N3/c14-11-2-1-7-18-12(11)20-19-8-9-3-5-10(6-4-9)13(15,16)17/h1-8H,(H,18,20). The van der Waals surface area contributed by atoms with Crippen LogP contribution in [0.2, 0.25) is 5.02 Å². The molecule has 1 heterocycles. The van der Waals surface area contributed by atoms with Crippen molar-refractivity contribution < 1.29 is 13.2 Å². The second-order valence-electron chi connectivity index (χ2n) is 3.82. The van der Waals surface area contributed by atoms with Crippen molar-refractivity contribution in [1.82, 2.24) is 4.98 Å². The smallest absolute Gasteiger partial charge is 0.260 e. The van der Waals surface area contributed by atoms with Crippen LogP contribution >= 0.6 is 11.6 Å². The van der Waals surface area contributed by atoms with Gasteiger partial charge in [0.2, 0.25) is 0 Å². The number of pyridine rings is 1. The highest BCUT2D eigenvalue weighted by Crippen LogP contribution is 2.28. The minimum absolute atomic E-state index is 0.373. The molecule has 0 bridgehead atoms. The Morgan fingerprint density at radius 3 is 2.45 bits per heavy atom. The predicted octanol–water partition coefficient (Wildman–Crippen LogP) is 4.20. The summed E-state index contributed by atoms with van der Waals surface area (Å²) in [5.41, 5.74) is 2.44. The molecule has 3 nitrogen and oxygen atoms in total. The Labute approximate surface area is 118 Å². The lowest BCUT2D eigenvalue weighted by Crippen LogP contribution is -2.04. The van der Waals surface area contributed by atoms with Gasteiger partial charge in [0.25, 0.3) is 0 Å². The predicted molar refractivity (Wildman–Crippen MR) is 71.9 cm³/mol. The van der Waals surface area contributed by atoms with Gasteiger partial charge in [-0.1, -0.05) is 23.7 Å². The zero-order valence-electron chi connectivity index (χ0n) is 10.0. The first-order valence-electron chi connectivity index (χ1n) is 5.53. The number of anilines is 1. The summed E-state index contributed by atoms with van der Waals surface area (Å²) < 4.78 is 37.1. The van der Waals surface area contributed by atoms with Crippen molar-refractivity contribution in [2.24, 2.45) is 5.10 Å². The lowest BCUT2D eigenvalue weighted by Gasteiger charge is -2.05. The first kappa shape index (κ1) is 14.3. The fourth-order valence-corrected chi connectivity index (χ4v) is 1.56. The second-order valence-corrected chi connectivity index (χ2v) is 4.23. The number of halogens is 4. The van der Waals surface area contributed by atoms with E-state index in [1.54, 1.807) is 18.3 Å². The molecular formula is C13H9ClF3N3. The fourth-order valence-electron chi connectivity index (χ4n) is 1.39. The Morgan fingerprint density at radius 1 is 1.15 bits per heavy atom. The maximum absolute atomic E-state index is 12.4. The zero-order chi connectivity index (χ0) is 14.6. The summed E-state index contributed by atoms with van der Waals surface area (Å²) in [5.74, 6) is 0.373. The first-order chi connectivity index (χ1) is 9.47. The van der Waals surface area contributed by atoms with Gasteiger partial charge in [0.1, 0.15) is 0 Å². The number of rotatable bonds is 3. The molecule has 0 saturated carbocycles. The van der Waals surface area contributed by atoms with Gasteiger partial charge in [0, 0.05) is 6.20 Å². The highest BCUT2D eigenvalue weighted by Gasteiger charge is 2.29. The summed E-state index contributed by atoms with van der Waals surface area (Å²) >= 11 is 5.85. The van der Waals surface area contributed by atoms with Crippen LogP contribution in [0.15, 0.2) is 47.7 Å². The average Bonchev–Trinajstić information content (AvgIpc) is 2.40. The molecule has 2 aromatic rings. The minimum atomic E-state index is -4.34. The summed E-state index contributed by atoms with van der Waals surface area (Å²) in [6.45, 7) is 0. The molecule has 2 rings (SSSR count). The van der Waals surface area contributed by atoms with Crippen molar-refractivity contribution in [3.8, 4) is 0 Å². The van der Waals surface area contributed by atoms with Crippen molar-refractivity contribution in [3.05, 3.63) is 58.7 Å². The minimum Gasteiger partial charge on any atom is -0.260 e. The molecule has 1 aromatic heterocycles. The highest BCUT2D eigenvalue weighted by molar-refractivity contribution is 6.32. The molecule has 0 amide bonds. The number of nitrogens with one attached hydrogen (secondary N) is 1. The third-order valence-corrected chi connectivity index (χ3v) is 2.69. The van der Waals surface area contributed by atoms with E-state index in [-0.39, 0.29) is 0 Å². The summed E-state index contributed by atoms with van der Waals surface area (Å²) in [5, 5.41) is 4.26. The number of benzene rings is 1. The van der Waals surface area contributed by atoms with Crippen LogP contribution < -0.4 is 5.43 Å². The van der Waals surface area contributed by atoms with Gasteiger partial charge in [-0.05, 0) is 29.8 Å². The number of hydrogen-bond donors (Lipinski definition) is 1. The number of hydrogen-bond acceptors (Lipinski definition) is 3. The molecule has 0 atom stereocenters. The van der Waals surface area contributed by atoms with Gasteiger partial charge in [0.15, 0.2) is 5.82 Å². The van der Waals surface area contributed by atoms with E-state index < -0.39 is 11.7 Å². The summed E-state index contributed by atoms with van der Waals surface area (Å²) in [6, 6.07) is 7.96. The van der Waals surface area contributed by atoms with E-state index in [1.165, 1.54) is 18.3 Å². The number of aromatic nitrogens is 1. The van der Waals surface area contributed by atoms with Crippen molar-refractivity contribution in [2.45, 2.75) is 6.18 Å². The van der Waals surface area contributed by atoms with Crippen LogP contribution in [0.25, 0.3) is 0 Å². The van der Waals surface area contributed by atoms with E-state index in [2.05, 4.69) is 15.5 Å². The van der Waals surface area contributed by atoms with Crippen LogP contribution in [0.1, 0.15) is 11.1 Å². The van der Waals surface area contributed by atoms with Crippen LogP contribution in [-0.4, -0.2) is 11.2 Å². The van der Waals surface area contributed by atoms with Crippen LogP contribution in [0.4, 0.5) is 19.0 Å². The van der Waals surface area contributed by atoms with Gasteiger partial charge in [-0.2, -0.15) is 18.3 Å². The molecule has 0 aliphatic carbocycles. The van der Waals surface area contributed by atoms with Gasteiger partial charge in [-0.15, -0.1) is 0 Å². The maximum atomic E-state index is 12.4. The largest absolute Gasteiger partial charge is 0.416 e. The lowest BCUT2D eigenvalue weighted by molar-refractivity contribution is -0.137. The van der Waals surface area contributed by atoms with Crippen LogP contribution in [-0.2, 0) is 6.18 Å². The molecule has 0 aliphatic heterocycles. The Bertz CT molecular complexity index is 609. The molecule has 0 radical (unpaired) electrons. The fraction of sp³-hybridized carbons (Fsp3) is 0.0769. The molecule has 0 saturated heterocycles. The molecule has 0 spiro atoms.